The minimum atomic E-state index is -2.97. The zero-order valence-electron chi connectivity index (χ0n) is 17.1. The Morgan fingerprint density at radius 2 is 0.800 bits per heavy atom. The van der Waals surface area contributed by atoms with E-state index in [4.69, 9.17) is 0 Å². The van der Waals surface area contributed by atoms with E-state index in [-0.39, 0.29) is 23.1 Å². The first kappa shape index (κ1) is 30.9. The average Bonchev–Trinajstić information content (AvgIpc) is 2.45. The third kappa shape index (κ3) is 36.8. The Bertz CT molecular complexity index is 319. The molecule has 0 saturated carbocycles. The summed E-state index contributed by atoms with van der Waals surface area (Å²) in [5.41, 5.74) is 0. The van der Waals surface area contributed by atoms with E-state index in [0.717, 1.165) is 25.7 Å². The van der Waals surface area contributed by atoms with Crippen LogP contribution < -0.4 is 9.79 Å². The summed E-state index contributed by atoms with van der Waals surface area (Å²) in [5.74, 6) is 0. The molecule has 0 aliphatic carbocycles. The molecule has 7 heteroatoms. The molecule has 25 heavy (non-hydrogen) atoms. The smallest absolute Gasteiger partial charge is 0.799 e. The molecule has 0 rings (SSSR count). The maximum Gasteiger partial charge on any atom is 2.00 e. The molecule has 0 aliphatic rings. The van der Waals surface area contributed by atoms with Gasteiger partial charge < -0.3 is 18.9 Å². The van der Waals surface area contributed by atoms with Gasteiger partial charge in [0.05, 0.1) is 0 Å². The van der Waals surface area contributed by atoms with Gasteiger partial charge in [0.25, 0.3) is 0 Å². The van der Waals surface area contributed by atoms with Gasteiger partial charge in [-0.1, -0.05) is 78.1 Å². The third-order valence-corrected chi connectivity index (χ3v) is 6.09. The molecule has 0 saturated heterocycles. The van der Waals surface area contributed by atoms with Crippen molar-refractivity contribution < 1.29 is 18.9 Å². The molecule has 0 fully saturated rings. The second-order valence-corrected chi connectivity index (χ2v) is 12.0. The predicted octanol–water partition coefficient (Wildman–Crippen LogP) is 4.85. The van der Waals surface area contributed by atoms with Crippen molar-refractivity contribution in [1.29, 1.82) is 0 Å². The van der Waals surface area contributed by atoms with Crippen LogP contribution >= 0.6 is 14.7 Å². The van der Waals surface area contributed by atoms with E-state index in [2.05, 4.69) is 13.8 Å². The van der Waals surface area contributed by atoms with Crippen molar-refractivity contribution in [3.05, 3.63) is 0 Å². The minimum Gasteiger partial charge on any atom is -0.799 e. The van der Waals surface area contributed by atoms with Gasteiger partial charge in [-0.05, 0) is 38.5 Å². The van der Waals surface area contributed by atoms with Crippen LogP contribution in [0.25, 0.3) is 0 Å². The van der Waals surface area contributed by atoms with Crippen LogP contribution in [0.1, 0.15) is 90.9 Å². The van der Waals surface area contributed by atoms with E-state index in [1.807, 2.05) is 0 Å². The zero-order chi connectivity index (χ0) is 18.9. The van der Waals surface area contributed by atoms with Crippen molar-refractivity contribution in [2.75, 3.05) is 25.7 Å². The Kier molecular flexibility index (Phi) is 24.6. The molecule has 0 aromatic carbocycles. The fourth-order valence-corrected chi connectivity index (χ4v) is 3.95. The second-order valence-electron chi connectivity index (χ2n) is 7.01. The summed E-state index contributed by atoms with van der Waals surface area (Å²) in [5, 5.41) is 0. The summed E-state index contributed by atoms with van der Waals surface area (Å²) >= 11 is 0. The number of rotatable bonds is 14. The molecule has 148 valence electrons. The van der Waals surface area contributed by atoms with E-state index >= 15 is 0 Å². The van der Waals surface area contributed by atoms with Gasteiger partial charge in [0.1, 0.15) is 0 Å². The Labute approximate surface area is 173 Å². The van der Waals surface area contributed by atoms with Crippen LogP contribution in [0.4, 0.5) is 0 Å². The van der Waals surface area contributed by atoms with Crippen LogP contribution in [0, 0.1) is 0 Å². The standard InChI is InChI=1S/2C9H21O2P.Mg/c2*1-3-4-5-6-7-8-9-12(2,10)11;/h2*3-9H2,1-2H3,(H,10,11);/q;;+2/p-2. The SMILES string of the molecule is CCCCCCCCP(C)(=O)[O-].CCCCCCCCP(C)(=O)[O-].[Mg+2]. The Morgan fingerprint density at radius 3 is 1.04 bits per heavy atom. The monoisotopic (exact) mass is 406 g/mol. The molecule has 0 radical (unpaired) electrons. The predicted molar refractivity (Wildman–Crippen MR) is 109 cm³/mol. The molecular formula is C18H40MgO4P2. The molecule has 0 bridgehead atoms. The Morgan fingerprint density at radius 1 is 0.560 bits per heavy atom. The molecule has 0 aromatic rings. The fourth-order valence-electron chi connectivity index (χ4n) is 2.36. The molecule has 0 heterocycles. The summed E-state index contributed by atoms with van der Waals surface area (Å²) < 4.78 is 21.5. The summed E-state index contributed by atoms with van der Waals surface area (Å²) in [4.78, 5) is 21.5. The van der Waals surface area contributed by atoms with Crippen LogP contribution in [0.3, 0.4) is 0 Å². The molecule has 2 atom stereocenters. The maximum atomic E-state index is 10.7. The third-order valence-electron chi connectivity index (χ3n) is 3.84. The first-order valence-corrected chi connectivity index (χ1v) is 14.2. The molecular weight excluding hydrogens is 366 g/mol. The van der Waals surface area contributed by atoms with Crippen molar-refractivity contribution >= 4 is 37.8 Å². The molecule has 4 nitrogen and oxygen atoms in total. The van der Waals surface area contributed by atoms with Crippen molar-refractivity contribution in [3.63, 3.8) is 0 Å². The van der Waals surface area contributed by atoms with Gasteiger partial charge in [-0.2, -0.15) is 0 Å². The maximum absolute atomic E-state index is 10.7. The largest absolute Gasteiger partial charge is 2.00 e. The molecule has 0 spiro atoms. The van der Waals surface area contributed by atoms with Gasteiger partial charge in [0, 0.05) is 14.7 Å². The van der Waals surface area contributed by atoms with Gasteiger partial charge in [-0.15, -0.1) is 0 Å². The van der Waals surface area contributed by atoms with Crippen LogP contribution in [0.15, 0.2) is 0 Å². The van der Waals surface area contributed by atoms with Crippen molar-refractivity contribution in [1.82, 2.24) is 0 Å². The fraction of sp³-hybridized carbons (Fsp3) is 1.00. The Balaban J connectivity index is -0.000000372. The Hall–Kier alpha value is 1.15. The topological polar surface area (TPSA) is 80.3 Å². The zero-order valence-corrected chi connectivity index (χ0v) is 20.3. The molecule has 0 N–H and O–H groups in total. The van der Waals surface area contributed by atoms with E-state index in [0.29, 0.717) is 12.3 Å². The van der Waals surface area contributed by atoms with Crippen LogP contribution in [-0.4, -0.2) is 48.7 Å². The van der Waals surface area contributed by atoms with Crippen molar-refractivity contribution in [2.45, 2.75) is 90.9 Å². The molecule has 2 unspecified atom stereocenters. The van der Waals surface area contributed by atoms with Crippen molar-refractivity contribution in [2.24, 2.45) is 0 Å². The first-order valence-electron chi connectivity index (χ1n) is 9.67. The van der Waals surface area contributed by atoms with E-state index in [1.165, 1.54) is 64.7 Å². The summed E-state index contributed by atoms with van der Waals surface area (Å²) in [6.45, 7) is 7.02. The van der Waals surface area contributed by atoms with Gasteiger partial charge >= 0.3 is 23.1 Å². The summed E-state index contributed by atoms with van der Waals surface area (Å²) in [6, 6.07) is 0. The van der Waals surface area contributed by atoms with Gasteiger partial charge in [-0.25, -0.2) is 0 Å². The first-order chi connectivity index (χ1) is 11.1. The van der Waals surface area contributed by atoms with E-state index in [9.17, 15) is 18.9 Å². The minimum absolute atomic E-state index is 0. The molecule has 0 aromatic heterocycles. The molecule has 0 aliphatic heterocycles. The normalized spacial score (nSPS) is 15.3. The second kappa shape index (κ2) is 19.9. The van der Waals surface area contributed by atoms with Crippen LogP contribution in [0.2, 0.25) is 0 Å². The van der Waals surface area contributed by atoms with Gasteiger partial charge in [0.2, 0.25) is 0 Å². The van der Waals surface area contributed by atoms with E-state index < -0.39 is 14.7 Å². The quantitative estimate of drug-likeness (QED) is 0.234. The summed E-state index contributed by atoms with van der Waals surface area (Å²) in [6.07, 6.45) is 14.5. The average molecular weight is 407 g/mol. The number of hydrogen-bond donors (Lipinski definition) is 0. The van der Waals surface area contributed by atoms with Gasteiger partial charge in [0.15, 0.2) is 0 Å². The molecule has 0 amide bonds. The number of hydrogen-bond acceptors (Lipinski definition) is 4. The summed E-state index contributed by atoms with van der Waals surface area (Å²) in [7, 11) is -5.94. The van der Waals surface area contributed by atoms with Crippen molar-refractivity contribution in [3.8, 4) is 0 Å². The number of unbranched alkanes of at least 4 members (excludes halogenated alkanes) is 10. The van der Waals surface area contributed by atoms with Crippen LogP contribution in [-0.2, 0) is 9.13 Å². The van der Waals surface area contributed by atoms with E-state index in [1.54, 1.807) is 0 Å². The van der Waals surface area contributed by atoms with Gasteiger partial charge in [-0.3, -0.25) is 0 Å². The van der Waals surface area contributed by atoms with Crippen LogP contribution in [0.5, 0.6) is 0 Å².